The summed E-state index contributed by atoms with van der Waals surface area (Å²) in [5, 5.41) is 13.6. The standard InChI is InChI=1S/C20H19ClN2O7/c1-29-17(24)11-15(12-7-9-13(10-8-12)23(27)28)18(20(26)30-2)22-19(25)14-5-3-4-6-16(14)21/h3-10,15,18H,11H2,1-2H3,(H,22,25)/t15-,18-/m0/s1. The molecule has 1 N–H and O–H groups in total. The van der Waals surface area contributed by atoms with Crippen LogP contribution in [0.15, 0.2) is 48.5 Å². The van der Waals surface area contributed by atoms with E-state index in [-0.39, 0.29) is 22.7 Å². The Morgan fingerprint density at radius 2 is 1.70 bits per heavy atom. The second-order valence-electron chi connectivity index (χ2n) is 6.19. The second-order valence-corrected chi connectivity index (χ2v) is 6.60. The van der Waals surface area contributed by atoms with Crippen molar-refractivity contribution in [1.29, 1.82) is 0 Å². The number of amides is 1. The number of carbonyl (C=O) groups excluding carboxylic acids is 3. The molecule has 158 valence electrons. The number of halogens is 1. The van der Waals surface area contributed by atoms with Gasteiger partial charge in [0, 0.05) is 18.1 Å². The van der Waals surface area contributed by atoms with Crippen LogP contribution in [0.2, 0.25) is 5.02 Å². The number of ether oxygens (including phenoxy) is 2. The van der Waals surface area contributed by atoms with Crippen LogP contribution >= 0.6 is 11.6 Å². The van der Waals surface area contributed by atoms with Gasteiger partial charge in [-0.1, -0.05) is 35.9 Å². The normalized spacial score (nSPS) is 12.4. The van der Waals surface area contributed by atoms with Crippen molar-refractivity contribution in [1.82, 2.24) is 5.32 Å². The fourth-order valence-electron chi connectivity index (χ4n) is 2.85. The van der Waals surface area contributed by atoms with Crippen molar-refractivity contribution in [2.75, 3.05) is 14.2 Å². The summed E-state index contributed by atoms with van der Waals surface area (Å²) in [6.45, 7) is 0. The molecular formula is C20H19ClN2O7. The van der Waals surface area contributed by atoms with Crippen LogP contribution in [0.3, 0.4) is 0 Å². The van der Waals surface area contributed by atoms with Gasteiger partial charge in [0.2, 0.25) is 0 Å². The molecule has 0 aromatic heterocycles. The molecular weight excluding hydrogens is 416 g/mol. The van der Waals surface area contributed by atoms with Gasteiger partial charge in [0.05, 0.1) is 36.1 Å². The second kappa shape index (κ2) is 10.4. The van der Waals surface area contributed by atoms with E-state index in [9.17, 15) is 24.5 Å². The summed E-state index contributed by atoms with van der Waals surface area (Å²) in [6.07, 6.45) is -0.281. The SMILES string of the molecule is COC(=O)C[C@@H](c1ccc([N+](=O)[O-])cc1)[C@H](NC(=O)c1ccccc1Cl)C(=O)OC. The first-order chi connectivity index (χ1) is 14.3. The average molecular weight is 435 g/mol. The van der Waals surface area contributed by atoms with E-state index in [1.165, 1.54) is 43.5 Å². The van der Waals surface area contributed by atoms with Gasteiger partial charge in [0.15, 0.2) is 0 Å². The van der Waals surface area contributed by atoms with Gasteiger partial charge in [-0.15, -0.1) is 0 Å². The summed E-state index contributed by atoms with van der Waals surface area (Å²) in [7, 11) is 2.33. The molecule has 0 radical (unpaired) electrons. The lowest BCUT2D eigenvalue weighted by molar-refractivity contribution is -0.384. The molecule has 1 amide bonds. The van der Waals surface area contributed by atoms with Gasteiger partial charge in [-0.25, -0.2) is 4.79 Å². The number of esters is 2. The smallest absolute Gasteiger partial charge is 0.329 e. The molecule has 0 aliphatic heterocycles. The van der Waals surface area contributed by atoms with Gasteiger partial charge in [0.1, 0.15) is 6.04 Å². The van der Waals surface area contributed by atoms with E-state index in [0.29, 0.717) is 5.56 Å². The van der Waals surface area contributed by atoms with Crippen molar-refractivity contribution in [3.8, 4) is 0 Å². The lowest BCUT2D eigenvalue weighted by Gasteiger charge is -2.26. The van der Waals surface area contributed by atoms with Crippen molar-refractivity contribution < 1.29 is 28.8 Å². The Labute approximate surface area is 177 Å². The molecule has 0 heterocycles. The number of nitro benzene ring substituents is 1. The quantitative estimate of drug-likeness (QED) is 0.384. The Morgan fingerprint density at radius 3 is 2.23 bits per heavy atom. The summed E-state index contributed by atoms with van der Waals surface area (Å²) in [5.74, 6) is -2.99. The first-order valence-corrected chi connectivity index (χ1v) is 9.10. The van der Waals surface area contributed by atoms with Crippen molar-refractivity contribution in [3.63, 3.8) is 0 Å². The number of nitrogens with zero attached hydrogens (tertiary/aromatic N) is 1. The minimum absolute atomic E-state index is 0.133. The van der Waals surface area contributed by atoms with Crippen molar-refractivity contribution in [3.05, 3.63) is 74.8 Å². The Kier molecular flexibility index (Phi) is 7.88. The molecule has 10 heteroatoms. The molecule has 2 atom stereocenters. The molecule has 0 saturated carbocycles. The number of nitro groups is 1. The molecule has 30 heavy (non-hydrogen) atoms. The number of rotatable bonds is 8. The number of non-ortho nitro benzene ring substituents is 1. The average Bonchev–Trinajstić information content (AvgIpc) is 2.75. The zero-order valence-corrected chi connectivity index (χ0v) is 16.9. The molecule has 0 bridgehead atoms. The Balaban J connectivity index is 2.44. The maximum absolute atomic E-state index is 12.7. The van der Waals surface area contributed by atoms with Crippen LogP contribution in [0.5, 0.6) is 0 Å². The van der Waals surface area contributed by atoms with Crippen LogP contribution in [0, 0.1) is 10.1 Å². The van der Waals surface area contributed by atoms with Crippen LogP contribution in [0.25, 0.3) is 0 Å². The molecule has 0 unspecified atom stereocenters. The molecule has 2 aromatic rings. The van der Waals surface area contributed by atoms with E-state index in [1.54, 1.807) is 12.1 Å². The van der Waals surface area contributed by atoms with Crippen LogP contribution in [0.4, 0.5) is 5.69 Å². The maximum Gasteiger partial charge on any atom is 0.329 e. The third-order valence-electron chi connectivity index (χ3n) is 4.41. The fourth-order valence-corrected chi connectivity index (χ4v) is 3.07. The lowest BCUT2D eigenvalue weighted by Crippen LogP contribution is -2.46. The van der Waals surface area contributed by atoms with Crippen LogP contribution in [-0.4, -0.2) is 43.0 Å². The van der Waals surface area contributed by atoms with E-state index >= 15 is 0 Å². The number of carbonyl (C=O) groups is 3. The third kappa shape index (κ3) is 5.54. The molecule has 0 aliphatic rings. The zero-order valence-electron chi connectivity index (χ0n) is 16.2. The monoisotopic (exact) mass is 434 g/mol. The maximum atomic E-state index is 12.7. The third-order valence-corrected chi connectivity index (χ3v) is 4.74. The van der Waals surface area contributed by atoms with Gasteiger partial charge in [0.25, 0.3) is 11.6 Å². The van der Waals surface area contributed by atoms with Gasteiger partial charge in [-0.2, -0.15) is 0 Å². The zero-order chi connectivity index (χ0) is 22.3. The van der Waals surface area contributed by atoms with E-state index in [4.69, 9.17) is 21.1 Å². The highest BCUT2D eigenvalue weighted by atomic mass is 35.5. The number of methoxy groups -OCH3 is 2. The summed E-state index contributed by atoms with van der Waals surface area (Å²) < 4.78 is 9.52. The topological polar surface area (TPSA) is 125 Å². The molecule has 9 nitrogen and oxygen atoms in total. The number of hydrogen-bond donors (Lipinski definition) is 1. The van der Waals surface area contributed by atoms with Crippen LogP contribution in [-0.2, 0) is 19.1 Å². The number of hydrogen-bond acceptors (Lipinski definition) is 7. The highest BCUT2D eigenvalue weighted by molar-refractivity contribution is 6.33. The summed E-state index contributed by atoms with van der Waals surface area (Å²) >= 11 is 6.05. The molecule has 2 aromatic carbocycles. The van der Waals surface area contributed by atoms with Gasteiger partial charge in [-0.3, -0.25) is 19.7 Å². The number of benzene rings is 2. The van der Waals surface area contributed by atoms with Crippen molar-refractivity contribution >= 4 is 35.1 Å². The van der Waals surface area contributed by atoms with E-state index in [2.05, 4.69) is 5.32 Å². The minimum atomic E-state index is -1.28. The first-order valence-electron chi connectivity index (χ1n) is 8.72. The Morgan fingerprint density at radius 1 is 1.07 bits per heavy atom. The highest BCUT2D eigenvalue weighted by Crippen LogP contribution is 2.28. The van der Waals surface area contributed by atoms with Crippen LogP contribution < -0.4 is 5.32 Å². The van der Waals surface area contributed by atoms with Gasteiger partial charge in [-0.05, 0) is 17.7 Å². The molecule has 0 aliphatic carbocycles. The van der Waals surface area contributed by atoms with Gasteiger partial charge >= 0.3 is 11.9 Å². The Hall–Kier alpha value is -3.46. The minimum Gasteiger partial charge on any atom is -0.469 e. The largest absolute Gasteiger partial charge is 0.469 e. The number of nitrogens with one attached hydrogen (secondary N) is 1. The predicted molar refractivity (Wildman–Crippen MR) is 107 cm³/mol. The Bertz CT molecular complexity index is 946. The van der Waals surface area contributed by atoms with E-state index < -0.39 is 34.7 Å². The molecule has 0 fully saturated rings. The fraction of sp³-hybridized carbons (Fsp3) is 0.250. The van der Waals surface area contributed by atoms with Crippen LogP contribution in [0.1, 0.15) is 28.3 Å². The molecule has 0 spiro atoms. The first kappa shape index (κ1) is 22.8. The molecule has 2 rings (SSSR count). The summed E-state index contributed by atoms with van der Waals surface area (Å²) in [4.78, 5) is 47.5. The van der Waals surface area contributed by atoms with Crippen molar-refractivity contribution in [2.24, 2.45) is 0 Å². The molecule has 0 saturated heterocycles. The summed E-state index contributed by atoms with van der Waals surface area (Å²) in [5.41, 5.74) is 0.375. The lowest BCUT2D eigenvalue weighted by atomic mass is 9.88. The van der Waals surface area contributed by atoms with E-state index in [1.807, 2.05) is 0 Å². The predicted octanol–water partition coefficient (Wildman–Crippen LogP) is 2.87. The highest BCUT2D eigenvalue weighted by Gasteiger charge is 2.34. The van der Waals surface area contributed by atoms with E-state index in [0.717, 1.165) is 7.11 Å². The summed E-state index contributed by atoms with van der Waals surface area (Å²) in [6, 6.07) is 10.3. The van der Waals surface area contributed by atoms with Gasteiger partial charge < -0.3 is 14.8 Å². The van der Waals surface area contributed by atoms with Crippen molar-refractivity contribution in [2.45, 2.75) is 18.4 Å².